The van der Waals surface area contributed by atoms with Crippen molar-refractivity contribution in [1.82, 2.24) is 0 Å². The van der Waals surface area contributed by atoms with Gasteiger partial charge in [0.2, 0.25) is 0 Å². The van der Waals surface area contributed by atoms with E-state index in [1.165, 1.54) is 0 Å². The zero-order chi connectivity index (χ0) is 8.97. The van der Waals surface area contributed by atoms with Gasteiger partial charge in [0.25, 0.3) is 0 Å². The zero-order valence-corrected chi connectivity index (χ0v) is 8.38. The molecule has 1 aromatic carbocycles. The zero-order valence-electron chi connectivity index (χ0n) is 6.80. The minimum absolute atomic E-state index is 0.480. The van der Waals surface area contributed by atoms with Gasteiger partial charge in [-0.05, 0) is 17.9 Å². The van der Waals surface area contributed by atoms with Crippen molar-refractivity contribution >= 4 is 29.1 Å². The number of nitrogen functional groups attached to an aromatic ring is 1. The molecule has 0 unspecified atom stereocenters. The van der Waals surface area contributed by atoms with Crippen LogP contribution in [0.25, 0.3) is 0 Å². The van der Waals surface area contributed by atoms with Crippen LogP contribution in [0.5, 0.6) is 0 Å². The number of anilines is 1. The number of nitrogens with two attached hydrogens (primary N) is 1. The van der Waals surface area contributed by atoms with Gasteiger partial charge in [-0.15, -0.1) is 23.4 Å². The molecule has 1 aromatic rings. The Bertz CT molecular complexity index is 243. The number of hydrogen-bond donors (Lipinski definition) is 2. The summed E-state index contributed by atoms with van der Waals surface area (Å²) in [6.45, 7) is 0. The fraction of sp³-hybridized carbons (Fsp3) is 0.250. The first-order chi connectivity index (χ1) is 5.83. The first-order valence-electron chi connectivity index (χ1n) is 3.52. The van der Waals surface area contributed by atoms with Crippen molar-refractivity contribution in [2.75, 3.05) is 11.7 Å². The lowest BCUT2D eigenvalue weighted by molar-refractivity contribution is 1.23. The maximum atomic E-state index is 5.73. The second-order valence-corrected chi connectivity index (χ2v) is 3.39. The first-order valence-corrected chi connectivity index (χ1v) is 5.28. The standard InChI is InChI=1S/C8H11ClN2S/c1-12-7-4-2-3-6(5-9)8(7)11-10/h2-4,11H,5,10H2,1H3. The summed E-state index contributed by atoms with van der Waals surface area (Å²) in [7, 11) is 0. The van der Waals surface area contributed by atoms with Crippen LogP contribution in [0.2, 0.25) is 0 Å². The van der Waals surface area contributed by atoms with Gasteiger partial charge >= 0.3 is 0 Å². The van der Waals surface area contributed by atoms with E-state index in [0.717, 1.165) is 16.1 Å². The molecule has 0 aromatic heterocycles. The quantitative estimate of drug-likeness (QED) is 0.342. The Hall–Kier alpha value is -0.380. The molecule has 0 fully saturated rings. The second-order valence-electron chi connectivity index (χ2n) is 2.27. The molecule has 66 valence electrons. The summed E-state index contributed by atoms with van der Waals surface area (Å²) in [5, 5.41) is 0. The maximum Gasteiger partial charge on any atom is 0.0665 e. The van der Waals surface area contributed by atoms with Gasteiger partial charge in [0, 0.05) is 10.8 Å². The Labute approximate surface area is 81.4 Å². The van der Waals surface area contributed by atoms with Crippen molar-refractivity contribution in [3.63, 3.8) is 0 Å². The molecule has 0 aliphatic rings. The van der Waals surface area contributed by atoms with Crippen molar-refractivity contribution in [2.45, 2.75) is 10.8 Å². The van der Waals surface area contributed by atoms with E-state index >= 15 is 0 Å². The van der Waals surface area contributed by atoms with Crippen LogP contribution in [-0.2, 0) is 5.88 Å². The average Bonchev–Trinajstić information content (AvgIpc) is 2.16. The van der Waals surface area contributed by atoms with Crippen LogP contribution in [0.3, 0.4) is 0 Å². The number of halogens is 1. The summed E-state index contributed by atoms with van der Waals surface area (Å²) in [4.78, 5) is 1.12. The predicted octanol–water partition coefficient (Wildman–Crippen LogP) is 2.43. The van der Waals surface area contributed by atoms with Crippen LogP contribution in [0.1, 0.15) is 5.56 Å². The third-order valence-corrected chi connectivity index (χ3v) is 2.69. The van der Waals surface area contributed by atoms with Gasteiger partial charge < -0.3 is 5.43 Å². The number of para-hydroxylation sites is 1. The minimum Gasteiger partial charge on any atom is -0.323 e. The molecule has 0 aliphatic heterocycles. The van der Waals surface area contributed by atoms with E-state index in [9.17, 15) is 0 Å². The molecule has 1 rings (SSSR count). The minimum atomic E-state index is 0.480. The van der Waals surface area contributed by atoms with E-state index < -0.39 is 0 Å². The van der Waals surface area contributed by atoms with Gasteiger partial charge in [0.1, 0.15) is 0 Å². The van der Waals surface area contributed by atoms with Crippen molar-refractivity contribution in [2.24, 2.45) is 5.84 Å². The highest BCUT2D eigenvalue weighted by Crippen LogP contribution is 2.28. The fourth-order valence-electron chi connectivity index (χ4n) is 1.02. The molecule has 0 heterocycles. The summed E-state index contributed by atoms with van der Waals surface area (Å²) in [6, 6.07) is 5.95. The molecule has 0 aliphatic carbocycles. The Morgan fingerprint density at radius 1 is 1.58 bits per heavy atom. The molecule has 0 saturated carbocycles. The molecule has 12 heavy (non-hydrogen) atoms. The molecule has 4 heteroatoms. The Kier molecular flexibility index (Phi) is 3.72. The molecule has 0 radical (unpaired) electrons. The van der Waals surface area contributed by atoms with E-state index in [1.54, 1.807) is 11.8 Å². The maximum absolute atomic E-state index is 5.73. The lowest BCUT2D eigenvalue weighted by atomic mass is 10.2. The van der Waals surface area contributed by atoms with Crippen molar-refractivity contribution in [3.05, 3.63) is 23.8 Å². The lowest BCUT2D eigenvalue weighted by Crippen LogP contribution is -2.09. The summed E-state index contributed by atoms with van der Waals surface area (Å²) in [5.74, 6) is 5.86. The molecular weight excluding hydrogens is 192 g/mol. The van der Waals surface area contributed by atoms with Gasteiger partial charge in [-0.1, -0.05) is 12.1 Å². The van der Waals surface area contributed by atoms with Crippen molar-refractivity contribution in [1.29, 1.82) is 0 Å². The third kappa shape index (κ3) is 1.86. The third-order valence-electron chi connectivity index (χ3n) is 1.62. The molecule has 0 atom stereocenters. The molecular formula is C8H11ClN2S. The summed E-state index contributed by atoms with van der Waals surface area (Å²) in [5.41, 5.74) is 4.62. The van der Waals surface area contributed by atoms with Crippen LogP contribution in [0, 0.1) is 0 Å². The van der Waals surface area contributed by atoms with Gasteiger partial charge in [-0.2, -0.15) is 0 Å². The van der Waals surface area contributed by atoms with E-state index in [0.29, 0.717) is 5.88 Å². The van der Waals surface area contributed by atoms with E-state index in [-0.39, 0.29) is 0 Å². The predicted molar refractivity (Wildman–Crippen MR) is 55.6 cm³/mol. The monoisotopic (exact) mass is 202 g/mol. The highest BCUT2D eigenvalue weighted by Gasteiger charge is 2.04. The van der Waals surface area contributed by atoms with E-state index in [4.69, 9.17) is 17.4 Å². The number of alkyl halides is 1. The van der Waals surface area contributed by atoms with Crippen LogP contribution in [0.15, 0.2) is 23.1 Å². The highest BCUT2D eigenvalue weighted by molar-refractivity contribution is 7.98. The Morgan fingerprint density at radius 3 is 2.83 bits per heavy atom. The van der Waals surface area contributed by atoms with Crippen LogP contribution < -0.4 is 11.3 Å². The van der Waals surface area contributed by atoms with Gasteiger partial charge in [0.05, 0.1) is 5.69 Å². The summed E-state index contributed by atoms with van der Waals surface area (Å²) < 4.78 is 0. The van der Waals surface area contributed by atoms with Gasteiger partial charge in [-0.25, -0.2) is 0 Å². The SMILES string of the molecule is CSc1cccc(CCl)c1NN. The number of hydrazine groups is 1. The smallest absolute Gasteiger partial charge is 0.0665 e. The summed E-state index contributed by atoms with van der Waals surface area (Å²) in [6.07, 6.45) is 2.01. The molecule has 2 nitrogen and oxygen atoms in total. The number of benzene rings is 1. The molecule has 0 bridgehead atoms. The lowest BCUT2D eigenvalue weighted by Gasteiger charge is -2.09. The van der Waals surface area contributed by atoms with Crippen LogP contribution in [0.4, 0.5) is 5.69 Å². The van der Waals surface area contributed by atoms with Crippen LogP contribution >= 0.6 is 23.4 Å². The average molecular weight is 203 g/mol. The Morgan fingerprint density at radius 2 is 2.33 bits per heavy atom. The number of thioether (sulfide) groups is 1. The van der Waals surface area contributed by atoms with E-state index in [2.05, 4.69) is 5.43 Å². The van der Waals surface area contributed by atoms with Crippen LogP contribution in [-0.4, -0.2) is 6.26 Å². The molecule has 0 amide bonds. The van der Waals surface area contributed by atoms with E-state index in [1.807, 2.05) is 24.5 Å². The number of nitrogens with one attached hydrogen (secondary N) is 1. The van der Waals surface area contributed by atoms with Gasteiger partial charge in [-0.3, -0.25) is 5.84 Å². The Balaban J connectivity index is 3.13. The summed E-state index contributed by atoms with van der Waals surface area (Å²) >= 11 is 7.38. The second kappa shape index (κ2) is 4.60. The highest BCUT2D eigenvalue weighted by atomic mass is 35.5. The number of rotatable bonds is 3. The van der Waals surface area contributed by atoms with Crippen molar-refractivity contribution in [3.8, 4) is 0 Å². The molecule has 0 saturated heterocycles. The fourth-order valence-corrected chi connectivity index (χ4v) is 1.85. The molecule has 3 N–H and O–H groups in total. The number of hydrogen-bond acceptors (Lipinski definition) is 3. The largest absolute Gasteiger partial charge is 0.323 e. The normalized spacial score (nSPS) is 9.92. The topological polar surface area (TPSA) is 38.0 Å². The first kappa shape index (κ1) is 9.71. The molecule has 0 spiro atoms. The van der Waals surface area contributed by atoms with Crippen molar-refractivity contribution < 1.29 is 0 Å². The van der Waals surface area contributed by atoms with Gasteiger partial charge in [0.15, 0.2) is 0 Å².